The van der Waals surface area contributed by atoms with Crippen molar-refractivity contribution >= 4 is 0 Å². The molecule has 2 saturated carbocycles. The standard InChI is InChI=1S/C69H68O7/c70-61(43-71-62-35-27-57(28-36-62)68(53-15-7-8-16-53,59-31-39-64(40-32-59)73-45-66-47-75-66)55-23-19-51(20-24-55)49-11-3-1-4-12-49)44-72-63-37-29-58(30-38-63)69(54-17-9-10-18-54,60-33-41-65(42-34-60)74-46-67-48-76-67)56-25-21-52(22-26-56)50-13-5-2-6-14-50/h1-6,11-14,19-42,53-54,61,66-67,70H,7-10,15-18,43-48H2. The van der Waals surface area contributed by atoms with Gasteiger partial charge in [-0.2, -0.15) is 0 Å². The van der Waals surface area contributed by atoms with E-state index in [1.165, 1.54) is 81.3 Å². The first-order valence-electron chi connectivity index (χ1n) is 27.7. The Morgan fingerprint density at radius 2 is 0.618 bits per heavy atom. The first-order chi connectivity index (χ1) is 37.5. The minimum atomic E-state index is -0.847. The molecule has 8 aromatic carbocycles. The molecular weight excluding hydrogens is 941 g/mol. The van der Waals surface area contributed by atoms with E-state index in [1.54, 1.807) is 0 Å². The fraction of sp³-hybridized carbons (Fsp3) is 0.304. The first kappa shape index (κ1) is 49.7. The quantitative estimate of drug-likeness (QED) is 0.0535. The van der Waals surface area contributed by atoms with Crippen molar-refractivity contribution in [1.29, 1.82) is 0 Å². The van der Waals surface area contributed by atoms with Gasteiger partial charge in [0.25, 0.3) is 0 Å². The second kappa shape index (κ2) is 22.6. The molecule has 0 spiro atoms. The lowest BCUT2D eigenvalue weighted by atomic mass is 9.61. The van der Waals surface area contributed by atoms with E-state index in [0.717, 1.165) is 50.4 Å². The number of aliphatic hydroxyl groups excluding tert-OH is 1. The van der Waals surface area contributed by atoms with Crippen LogP contribution in [0.15, 0.2) is 206 Å². The van der Waals surface area contributed by atoms with Crippen molar-refractivity contribution in [3.63, 3.8) is 0 Å². The molecule has 2 heterocycles. The molecule has 386 valence electrons. The summed E-state index contributed by atoms with van der Waals surface area (Å²) in [6, 6.07) is 74.3. The highest BCUT2D eigenvalue weighted by atomic mass is 16.6. The van der Waals surface area contributed by atoms with Crippen LogP contribution in [-0.2, 0) is 20.3 Å². The summed E-state index contributed by atoms with van der Waals surface area (Å²) in [7, 11) is 0. The Hall–Kier alpha value is -7.16. The molecule has 4 aliphatic rings. The average molecular weight is 1010 g/mol. The molecule has 7 heteroatoms. The van der Waals surface area contributed by atoms with Gasteiger partial charge in [-0.1, -0.05) is 183 Å². The Kier molecular flexibility index (Phi) is 14.8. The van der Waals surface area contributed by atoms with Gasteiger partial charge in [0.2, 0.25) is 0 Å². The summed E-state index contributed by atoms with van der Waals surface area (Å²) >= 11 is 0. The van der Waals surface area contributed by atoms with Gasteiger partial charge in [-0.15, -0.1) is 0 Å². The van der Waals surface area contributed by atoms with Crippen LogP contribution in [0.3, 0.4) is 0 Å². The molecule has 4 unspecified atom stereocenters. The van der Waals surface area contributed by atoms with Crippen LogP contribution in [0.2, 0.25) is 0 Å². The van der Waals surface area contributed by atoms with E-state index in [2.05, 4.69) is 206 Å². The number of aliphatic hydroxyl groups is 1. The van der Waals surface area contributed by atoms with Crippen molar-refractivity contribution in [3.05, 3.63) is 240 Å². The number of ether oxygens (including phenoxy) is 6. The van der Waals surface area contributed by atoms with Gasteiger partial charge in [-0.05, 0) is 142 Å². The van der Waals surface area contributed by atoms with Gasteiger partial charge in [0.15, 0.2) is 0 Å². The third-order valence-corrected chi connectivity index (χ3v) is 16.6. The molecule has 12 rings (SSSR count). The average Bonchev–Trinajstić information content (AvgIpc) is 4.39. The van der Waals surface area contributed by atoms with Crippen LogP contribution in [0.25, 0.3) is 22.3 Å². The van der Waals surface area contributed by atoms with Crippen LogP contribution in [-0.4, -0.2) is 63.1 Å². The van der Waals surface area contributed by atoms with E-state index in [-0.39, 0.29) is 25.4 Å². The molecule has 0 aromatic heterocycles. The fourth-order valence-electron chi connectivity index (χ4n) is 12.6. The number of rotatable bonds is 22. The Labute approximate surface area is 448 Å². The van der Waals surface area contributed by atoms with E-state index in [0.29, 0.717) is 36.5 Å². The molecule has 4 fully saturated rings. The summed E-state index contributed by atoms with van der Waals surface area (Å²) in [4.78, 5) is 0. The number of epoxide rings is 2. The molecule has 2 aliphatic heterocycles. The van der Waals surface area contributed by atoms with Crippen LogP contribution < -0.4 is 18.9 Å². The summed E-state index contributed by atoms with van der Waals surface area (Å²) < 4.78 is 35.7. The van der Waals surface area contributed by atoms with E-state index < -0.39 is 16.9 Å². The predicted molar refractivity (Wildman–Crippen MR) is 301 cm³/mol. The van der Waals surface area contributed by atoms with Gasteiger partial charge in [0.1, 0.15) is 67.7 Å². The van der Waals surface area contributed by atoms with Gasteiger partial charge < -0.3 is 33.5 Å². The molecule has 76 heavy (non-hydrogen) atoms. The Balaban J connectivity index is 0.769. The number of hydrogen-bond acceptors (Lipinski definition) is 7. The van der Waals surface area contributed by atoms with Crippen molar-refractivity contribution in [2.75, 3.05) is 39.6 Å². The highest BCUT2D eigenvalue weighted by Crippen LogP contribution is 2.54. The van der Waals surface area contributed by atoms with Crippen LogP contribution in [0, 0.1) is 11.8 Å². The predicted octanol–water partition coefficient (Wildman–Crippen LogP) is 14.4. The molecule has 2 saturated heterocycles. The third-order valence-electron chi connectivity index (χ3n) is 16.6. The number of hydrogen-bond donors (Lipinski definition) is 1. The zero-order valence-corrected chi connectivity index (χ0v) is 43.3. The molecule has 1 N–H and O–H groups in total. The Bertz CT molecular complexity index is 2870. The smallest absolute Gasteiger partial charge is 0.122 e. The minimum Gasteiger partial charge on any atom is -0.491 e. The molecule has 4 atom stereocenters. The minimum absolute atomic E-state index is 0.0939. The second-order valence-corrected chi connectivity index (χ2v) is 21.4. The van der Waals surface area contributed by atoms with E-state index >= 15 is 0 Å². The monoisotopic (exact) mass is 1010 g/mol. The maximum atomic E-state index is 11.3. The van der Waals surface area contributed by atoms with Crippen molar-refractivity contribution in [2.45, 2.75) is 80.5 Å². The van der Waals surface area contributed by atoms with Crippen molar-refractivity contribution in [3.8, 4) is 45.3 Å². The summed E-state index contributed by atoms with van der Waals surface area (Å²) in [6.07, 6.45) is 8.90. The lowest BCUT2D eigenvalue weighted by Gasteiger charge is -2.41. The second-order valence-electron chi connectivity index (χ2n) is 21.4. The molecule has 8 aromatic rings. The maximum Gasteiger partial charge on any atom is 0.122 e. The van der Waals surface area contributed by atoms with E-state index in [9.17, 15) is 5.11 Å². The molecular formula is C69H68O7. The zero-order chi connectivity index (χ0) is 51.2. The highest BCUT2D eigenvalue weighted by molar-refractivity contribution is 5.67. The lowest BCUT2D eigenvalue weighted by molar-refractivity contribution is 0.0626. The molecule has 0 radical (unpaired) electrons. The fourth-order valence-corrected chi connectivity index (χ4v) is 12.6. The summed E-state index contributed by atoms with van der Waals surface area (Å²) in [5, 5.41) is 11.3. The lowest BCUT2D eigenvalue weighted by Crippen LogP contribution is -2.37. The summed E-state index contributed by atoms with van der Waals surface area (Å²) in [5.74, 6) is 3.91. The largest absolute Gasteiger partial charge is 0.491 e. The first-order valence-corrected chi connectivity index (χ1v) is 27.7. The summed E-state index contributed by atoms with van der Waals surface area (Å²) in [6.45, 7) is 2.86. The topological polar surface area (TPSA) is 82.2 Å². The van der Waals surface area contributed by atoms with Crippen LogP contribution in [0.4, 0.5) is 0 Å². The van der Waals surface area contributed by atoms with E-state index in [1.807, 2.05) is 0 Å². The zero-order valence-electron chi connectivity index (χ0n) is 43.3. The van der Waals surface area contributed by atoms with Crippen LogP contribution >= 0.6 is 0 Å². The highest BCUT2D eigenvalue weighted by Gasteiger charge is 2.46. The molecule has 7 nitrogen and oxygen atoms in total. The van der Waals surface area contributed by atoms with Crippen LogP contribution in [0.5, 0.6) is 23.0 Å². The van der Waals surface area contributed by atoms with Crippen molar-refractivity contribution in [2.24, 2.45) is 11.8 Å². The maximum absolute atomic E-state index is 11.3. The SMILES string of the molecule is OC(COc1ccc(C(c2ccc(OCC3CO3)cc2)(c2ccc(-c3ccccc3)cc2)C2CCCC2)cc1)COc1ccc(C(c2ccc(OCC3CO3)cc2)(c2ccc(-c3ccccc3)cc2)C2CCCC2)cc1. The van der Waals surface area contributed by atoms with Gasteiger partial charge in [-0.25, -0.2) is 0 Å². The van der Waals surface area contributed by atoms with Crippen molar-refractivity contribution in [1.82, 2.24) is 0 Å². The van der Waals surface area contributed by atoms with Crippen molar-refractivity contribution < 1.29 is 33.5 Å². The number of benzene rings is 8. The molecule has 0 bridgehead atoms. The van der Waals surface area contributed by atoms with Gasteiger partial charge >= 0.3 is 0 Å². The Morgan fingerprint density at radius 3 is 0.908 bits per heavy atom. The van der Waals surface area contributed by atoms with Gasteiger partial charge in [0, 0.05) is 10.8 Å². The normalized spacial score (nSPS) is 19.3. The van der Waals surface area contributed by atoms with Gasteiger partial charge in [0.05, 0.1) is 13.2 Å². The molecule has 0 amide bonds. The van der Waals surface area contributed by atoms with E-state index in [4.69, 9.17) is 28.4 Å². The molecule has 2 aliphatic carbocycles. The Morgan fingerprint density at radius 1 is 0.355 bits per heavy atom. The third kappa shape index (κ3) is 10.7. The summed E-state index contributed by atoms with van der Waals surface area (Å²) in [5.41, 5.74) is 11.5. The van der Waals surface area contributed by atoms with Crippen LogP contribution in [0.1, 0.15) is 84.7 Å². The van der Waals surface area contributed by atoms with Gasteiger partial charge in [-0.3, -0.25) is 0 Å².